The summed E-state index contributed by atoms with van der Waals surface area (Å²) in [5, 5.41) is 6.37. The fraction of sp³-hybridized carbons (Fsp3) is 0.438. The summed E-state index contributed by atoms with van der Waals surface area (Å²) in [5.41, 5.74) is 1.03. The molecule has 120 valence electrons. The number of fused-ring (bicyclic) bond motifs is 1. The molecule has 7 heteroatoms. The quantitative estimate of drug-likeness (QED) is 0.739. The maximum atomic E-state index is 6.01. The summed E-state index contributed by atoms with van der Waals surface area (Å²) >= 11 is 1.70. The Kier molecular flexibility index (Phi) is 3.97. The Morgan fingerprint density at radius 2 is 2.35 bits per heavy atom. The molecular formula is C16H19N5OS. The number of hydrogen-bond donors (Lipinski definition) is 0. The highest BCUT2D eigenvalue weighted by Gasteiger charge is 2.22. The Morgan fingerprint density at radius 3 is 3.22 bits per heavy atom. The first-order valence-corrected chi connectivity index (χ1v) is 8.73. The van der Waals surface area contributed by atoms with Crippen LogP contribution in [0.2, 0.25) is 0 Å². The number of ether oxygens (including phenoxy) is 1. The summed E-state index contributed by atoms with van der Waals surface area (Å²) in [4.78, 5) is 11.6. The lowest BCUT2D eigenvalue weighted by Crippen LogP contribution is -2.35. The average Bonchev–Trinajstić information content (AvgIpc) is 3.15. The molecule has 0 amide bonds. The Bertz CT molecular complexity index is 785. The second kappa shape index (κ2) is 6.25. The summed E-state index contributed by atoms with van der Waals surface area (Å²) < 4.78 is 9.10. The lowest BCUT2D eigenvalue weighted by Gasteiger charge is -2.25. The molecule has 0 bridgehead atoms. The van der Waals surface area contributed by atoms with Crippen molar-refractivity contribution in [1.29, 1.82) is 0 Å². The zero-order valence-electron chi connectivity index (χ0n) is 13.1. The Labute approximate surface area is 138 Å². The van der Waals surface area contributed by atoms with Crippen LogP contribution in [0.4, 0.5) is 5.82 Å². The molecule has 0 radical (unpaired) electrons. The Hall–Kier alpha value is -1.99. The highest BCUT2D eigenvalue weighted by Crippen LogP contribution is 2.29. The first-order chi connectivity index (χ1) is 11.3. The molecule has 0 aromatic carbocycles. The van der Waals surface area contributed by atoms with Gasteiger partial charge in [0, 0.05) is 32.1 Å². The molecule has 4 rings (SSSR count). The van der Waals surface area contributed by atoms with Crippen LogP contribution in [-0.2, 0) is 11.3 Å². The van der Waals surface area contributed by atoms with Crippen molar-refractivity contribution in [2.45, 2.75) is 26.0 Å². The van der Waals surface area contributed by atoms with Crippen molar-refractivity contribution in [1.82, 2.24) is 19.7 Å². The van der Waals surface area contributed by atoms with Gasteiger partial charge in [-0.15, -0.1) is 11.3 Å². The van der Waals surface area contributed by atoms with Gasteiger partial charge in [0.2, 0.25) is 0 Å². The molecule has 0 unspecified atom stereocenters. The minimum atomic E-state index is 0.114. The minimum Gasteiger partial charge on any atom is -0.374 e. The molecule has 0 aliphatic carbocycles. The van der Waals surface area contributed by atoms with E-state index in [2.05, 4.69) is 26.4 Å². The van der Waals surface area contributed by atoms with E-state index in [0.717, 1.165) is 54.5 Å². The summed E-state index contributed by atoms with van der Waals surface area (Å²) in [6.07, 6.45) is 4.90. The maximum absolute atomic E-state index is 6.01. The van der Waals surface area contributed by atoms with Crippen LogP contribution in [0.3, 0.4) is 0 Å². The van der Waals surface area contributed by atoms with E-state index in [1.807, 2.05) is 23.9 Å². The Morgan fingerprint density at radius 1 is 1.39 bits per heavy atom. The molecule has 6 nitrogen and oxygen atoms in total. The lowest BCUT2D eigenvalue weighted by molar-refractivity contribution is 0.0543. The smallest absolute Gasteiger partial charge is 0.150 e. The van der Waals surface area contributed by atoms with Gasteiger partial charge >= 0.3 is 0 Å². The summed E-state index contributed by atoms with van der Waals surface area (Å²) in [7, 11) is 0. The van der Waals surface area contributed by atoms with Crippen LogP contribution in [0.1, 0.15) is 12.2 Å². The van der Waals surface area contributed by atoms with Crippen molar-refractivity contribution < 1.29 is 4.74 Å². The lowest BCUT2D eigenvalue weighted by atomic mass is 10.3. The average molecular weight is 329 g/mol. The number of thiophene rings is 1. The van der Waals surface area contributed by atoms with Gasteiger partial charge in [0.15, 0.2) is 0 Å². The second-order valence-electron chi connectivity index (χ2n) is 5.75. The third-order valence-electron chi connectivity index (χ3n) is 4.00. The molecule has 3 aromatic rings. The molecule has 1 atom stereocenters. The zero-order valence-corrected chi connectivity index (χ0v) is 13.9. The zero-order chi connectivity index (χ0) is 15.6. The van der Waals surface area contributed by atoms with Gasteiger partial charge in [-0.25, -0.2) is 9.97 Å². The molecule has 1 aliphatic heterocycles. The van der Waals surface area contributed by atoms with Crippen LogP contribution in [0.25, 0.3) is 10.2 Å². The number of anilines is 1. The monoisotopic (exact) mass is 329 g/mol. The Balaban J connectivity index is 1.62. The molecule has 0 saturated carbocycles. The summed E-state index contributed by atoms with van der Waals surface area (Å²) in [5.74, 6) is 1.86. The molecule has 4 heterocycles. The molecule has 1 saturated heterocycles. The topological polar surface area (TPSA) is 56.1 Å². The van der Waals surface area contributed by atoms with Crippen LogP contribution < -0.4 is 4.90 Å². The fourth-order valence-corrected chi connectivity index (χ4v) is 3.84. The van der Waals surface area contributed by atoms with Gasteiger partial charge in [-0.1, -0.05) is 0 Å². The minimum absolute atomic E-state index is 0.114. The van der Waals surface area contributed by atoms with E-state index < -0.39 is 0 Å². The van der Waals surface area contributed by atoms with E-state index in [0.29, 0.717) is 0 Å². The van der Waals surface area contributed by atoms with E-state index in [1.165, 1.54) is 0 Å². The largest absolute Gasteiger partial charge is 0.374 e. The molecule has 1 fully saturated rings. The van der Waals surface area contributed by atoms with Crippen LogP contribution in [0, 0.1) is 6.92 Å². The number of aryl methyl sites for hydroxylation is 1. The first-order valence-electron chi connectivity index (χ1n) is 7.85. The van der Waals surface area contributed by atoms with E-state index in [-0.39, 0.29) is 6.10 Å². The number of rotatable bonds is 3. The van der Waals surface area contributed by atoms with Crippen molar-refractivity contribution in [3.8, 4) is 0 Å². The molecule has 23 heavy (non-hydrogen) atoms. The molecular weight excluding hydrogens is 310 g/mol. The van der Waals surface area contributed by atoms with Crippen molar-refractivity contribution >= 4 is 27.4 Å². The highest BCUT2D eigenvalue weighted by molar-refractivity contribution is 7.17. The maximum Gasteiger partial charge on any atom is 0.150 e. The van der Waals surface area contributed by atoms with E-state index in [1.54, 1.807) is 17.5 Å². The van der Waals surface area contributed by atoms with E-state index >= 15 is 0 Å². The van der Waals surface area contributed by atoms with Crippen molar-refractivity contribution in [3.63, 3.8) is 0 Å². The summed E-state index contributed by atoms with van der Waals surface area (Å²) in [6.45, 7) is 5.28. The molecule has 0 N–H and O–H groups in total. The van der Waals surface area contributed by atoms with E-state index in [9.17, 15) is 0 Å². The van der Waals surface area contributed by atoms with Crippen LogP contribution in [0.5, 0.6) is 0 Å². The third-order valence-corrected chi connectivity index (χ3v) is 4.90. The predicted molar refractivity (Wildman–Crippen MR) is 90.9 cm³/mol. The number of hydrogen-bond acceptors (Lipinski definition) is 6. The number of nitrogens with zero attached hydrogens (tertiary/aromatic N) is 5. The molecule has 3 aromatic heterocycles. The van der Waals surface area contributed by atoms with Gasteiger partial charge in [0.05, 0.1) is 22.9 Å². The van der Waals surface area contributed by atoms with Gasteiger partial charge in [-0.3, -0.25) is 4.68 Å². The van der Waals surface area contributed by atoms with Crippen LogP contribution in [-0.4, -0.2) is 45.5 Å². The second-order valence-corrected chi connectivity index (χ2v) is 6.67. The van der Waals surface area contributed by atoms with Crippen molar-refractivity contribution in [2.75, 3.05) is 24.6 Å². The van der Waals surface area contributed by atoms with Crippen molar-refractivity contribution in [3.05, 3.63) is 35.7 Å². The number of aromatic nitrogens is 4. The van der Waals surface area contributed by atoms with Gasteiger partial charge in [0.25, 0.3) is 0 Å². The van der Waals surface area contributed by atoms with Crippen LogP contribution >= 0.6 is 11.3 Å². The van der Waals surface area contributed by atoms with E-state index in [4.69, 9.17) is 9.72 Å². The van der Waals surface area contributed by atoms with Gasteiger partial charge in [-0.05, 0) is 30.9 Å². The fourth-order valence-electron chi connectivity index (χ4n) is 2.99. The first kappa shape index (κ1) is 14.6. The van der Waals surface area contributed by atoms with Gasteiger partial charge < -0.3 is 9.64 Å². The standard InChI is InChI=1S/C16H19N5OS/c1-12-18-14-4-9-23-15(14)16(19-12)20-6-3-8-22-13(10-20)11-21-7-2-5-17-21/h2,4-5,7,9,13H,3,6,8,10-11H2,1H3/t13-/m1/s1. The van der Waals surface area contributed by atoms with Gasteiger partial charge in [0.1, 0.15) is 11.6 Å². The summed E-state index contributed by atoms with van der Waals surface area (Å²) in [6, 6.07) is 4.01. The molecule has 1 aliphatic rings. The normalized spacial score (nSPS) is 19.2. The third kappa shape index (κ3) is 3.07. The highest BCUT2D eigenvalue weighted by atomic mass is 32.1. The van der Waals surface area contributed by atoms with Crippen LogP contribution in [0.15, 0.2) is 29.9 Å². The predicted octanol–water partition coefficient (Wildman–Crippen LogP) is 2.49. The van der Waals surface area contributed by atoms with Crippen molar-refractivity contribution in [2.24, 2.45) is 0 Å². The SMILES string of the molecule is Cc1nc(N2CCCO[C@@H](Cn3cccn3)C2)c2sccc2n1. The van der Waals surface area contributed by atoms with Gasteiger partial charge in [-0.2, -0.15) is 5.10 Å². The molecule has 0 spiro atoms.